The number of carbonyl (C=O) groups excluding carboxylic acids is 2. The molecule has 5 nitrogen and oxygen atoms in total. The first kappa shape index (κ1) is 16.7. The molecule has 3 N–H and O–H groups in total. The van der Waals surface area contributed by atoms with E-state index in [4.69, 9.17) is 0 Å². The minimum Gasteiger partial charge on any atom is -0.390 e. The molecule has 0 aliphatic heterocycles. The van der Waals surface area contributed by atoms with Crippen LogP contribution < -0.4 is 10.6 Å². The van der Waals surface area contributed by atoms with Gasteiger partial charge in [-0.2, -0.15) is 0 Å². The van der Waals surface area contributed by atoms with E-state index in [2.05, 4.69) is 10.6 Å². The third-order valence-electron chi connectivity index (χ3n) is 4.13. The molecule has 1 heterocycles. The lowest BCUT2D eigenvalue weighted by molar-refractivity contribution is -0.122. The molecule has 1 aliphatic rings. The smallest absolute Gasteiger partial charge is 0.261 e. The fourth-order valence-corrected chi connectivity index (χ4v) is 3.58. The summed E-state index contributed by atoms with van der Waals surface area (Å²) >= 11 is 1.39. The molecule has 1 aromatic heterocycles. The highest BCUT2D eigenvalue weighted by atomic mass is 32.1. The van der Waals surface area contributed by atoms with Crippen LogP contribution in [0.4, 0.5) is 0 Å². The maximum absolute atomic E-state index is 12.1. The molecule has 2 aromatic rings. The first-order valence-electron chi connectivity index (χ1n) is 8.02. The Morgan fingerprint density at radius 2 is 2.04 bits per heavy atom. The van der Waals surface area contributed by atoms with E-state index in [1.54, 1.807) is 6.07 Å². The van der Waals surface area contributed by atoms with E-state index in [-0.39, 0.29) is 17.9 Å². The van der Waals surface area contributed by atoms with E-state index in [0.29, 0.717) is 30.7 Å². The SMILES string of the molecule is O=C(CCCNC(=O)c1cccs1)NC1c2ccccc2CC1O. The van der Waals surface area contributed by atoms with Gasteiger partial charge in [-0.15, -0.1) is 11.3 Å². The molecule has 1 aromatic carbocycles. The van der Waals surface area contributed by atoms with Crippen molar-refractivity contribution in [3.8, 4) is 0 Å². The highest BCUT2D eigenvalue weighted by molar-refractivity contribution is 7.12. The second-order valence-corrected chi connectivity index (χ2v) is 6.80. The van der Waals surface area contributed by atoms with Crippen molar-refractivity contribution in [2.45, 2.75) is 31.4 Å². The van der Waals surface area contributed by atoms with Gasteiger partial charge in [0.2, 0.25) is 5.91 Å². The predicted molar refractivity (Wildman–Crippen MR) is 92.9 cm³/mol. The molecule has 6 heteroatoms. The van der Waals surface area contributed by atoms with E-state index in [1.807, 2.05) is 35.7 Å². The summed E-state index contributed by atoms with van der Waals surface area (Å²) in [5.41, 5.74) is 2.07. The molecule has 2 amide bonds. The zero-order valence-electron chi connectivity index (χ0n) is 13.2. The van der Waals surface area contributed by atoms with Gasteiger partial charge in [-0.3, -0.25) is 9.59 Å². The van der Waals surface area contributed by atoms with Crippen LogP contribution in [0.2, 0.25) is 0 Å². The van der Waals surface area contributed by atoms with Crippen molar-refractivity contribution in [3.05, 3.63) is 57.8 Å². The Labute approximate surface area is 144 Å². The predicted octanol–water partition coefficient (Wildman–Crippen LogP) is 2.03. The summed E-state index contributed by atoms with van der Waals surface area (Å²) in [5.74, 6) is -0.216. The van der Waals surface area contributed by atoms with Gasteiger partial charge in [-0.25, -0.2) is 0 Å². The minimum absolute atomic E-state index is 0.106. The minimum atomic E-state index is -0.579. The summed E-state index contributed by atoms with van der Waals surface area (Å²) in [6.07, 6.45) is 0.867. The van der Waals surface area contributed by atoms with Gasteiger partial charge in [0.25, 0.3) is 5.91 Å². The lowest BCUT2D eigenvalue weighted by Gasteiger charge is -2.18. The molecule has 0 bridgehead atoms. The van der Waals surface area contributed by atoms with E-state index < -0.39 is 6.10 Å². The number of benzene rings is 1. The molecule has 0 radical (unpaired) electrons. The van der Waals surface area contributed by atoms with Crippen LogP contribution in [0.15, 0.2) is 41.8 Å². The Balaban J connectivity index is 1.42. The molecule has 2 atom stereocenters. The van der Waals surface area contributed by atoms with Gasteiger partial charge in [-0.05, 0) is 29.0 Å². The molecule has 1 aliphatic carbocycles. The second-order valence-electron chi connectivity index (χ2n) is 5.85. The van der Waals surface area contributed by atoms with Gasteiger partial charge in [-0.1, -0.05) is 30.3 Å². The van der Waals surface area contributed by atoms with E-state index >= 15 is 0 Å². The van der Waals surface area contributed by atoms with Gasteiger partial charge in [0.1, 0.15) is 0 Å². The highest BCUT2D eigenvalue weighted by Crippen LogP contribution is 2.31. The topological polar surface area (TPSA) is 78.4 Å². The number of fused-ring (bicyclic) bond motifs is 1. The van der Waals surface area contributed by atoms with E-state index in [0.717, 1.165) is 11.1 Å². The molecular formula is C18H20N2O3S. The zero-order valence-corrected chi connectivity index (χ0v) is 14.0. The van der Waals surface area contributed by atoms with Gasteiger partial charge in [0.15, 0.2) is 0 Å². The van der Waals surface area contributed by atoms with Crippen LogP contribution in [0, 0.1) is 0 Å². The molecule has 0 saturated carbocycles. The third-order valence-corrected chi connectivity index (χ3v) is 5.00. The standard InChI is InChI=1S/C18H20N2O3S/c21-14-11-12-5-1-2-6-13(12)17(14)20-16(22)8-3-9-19-18(23)15-7-4-10-24-15/h1-2,4-7,10,14,17,21H,3,8-9,11H2,(H,19,23)(H,20,22). The van der Waals surface area contributed by atoms with E-state index in [1.165, 1.54) is 11.3 Å². The molecular weight excluding hydrogens is 324 g/mol. The van der Waals surface area contributed by atoms with Crippen LogP contribution in [-0.4, -0.2) is 29.6 Å². The first-order chi connectivity index (χ1) is 11.6. The van der Waals surface area contributed by atoms with Crippen LogP contribution >= 0.6 is 11.3 Å². The summed E-state index contributed by atoms with van der Waals surface area (Å²) in [5, 5.41) is 17.7. The summed E-state index contributed by atoms with van der Waals surface area (Å²) < 4.78 is 0. The molecule has 24 heavy (non-hydrogen) atoms. The monoisotopic (exact) mass is 344 g/mol. The summed E-state index contributed by atoms with van der Waals surface area (Å²) in [7, 11) is 0. The average Bonchev–Trinajstić information content (AvgIpc) is 3.20. The normalized spacial score (nSPS) is 18.9. The maximum atomic E-state index is 12.1. The maximum Gasteiger partial charge on any atom is 0.261 e. The van der Waals surface area contributed by atoms with E-state index in [9.17, 15) is 14.7 Å². The quantitative estimate of drug-likeness (QED) is 0.702. The lowest BCUT2D eigenvalue weighted by atomic mass is 10.1. The summed E-state index contributed by atoms with van der Waals surface area (Å²) in [6, 6.07) is 11.0. The molecule has 2 unspecified atom stereocenters. The second kappa shape index (κ2) is 7.59. The Bertz CT molecular complexity index is 715. The number of hydrogen-bond acceptors (Lipinski definition) is 4. The number of amides is 2. The van der Waals surface area contributed by atoms with Crippen LogP contribution in [0.1, 0.15) is 39.7 Å². The lowest BCUT2D eigenvalue weighted by Crippen LogP contribution is -2.34. The van der Waals surface area contributed by atoms with Crippen molar-refractivity contribution in [1.29, 1.82) is 0 Å². The molecule has 0 saturated heterocycles. The number of thiophene rings is 1. The van der Waals surface area contributed by atoms with Crippen LogP contribution in [0.25, 0.3) is 0 Å². The molecule has 0 fully saturated rings. The number of rotatable bonds is 6. The third kappa shape index (κ3) is 3.83. The number of carbonyl (C=O) groups is 2. The Morgan fingerprint density at radius 3 is 2.83 bits per heavy atom. The molecule has 126 valence electrons. The van der Waals surface area contributed by atoms with Gasteiger partial charge >= 0.3 is 0 Å². The summed E-state index contributed by atoms with van der Waals surface area (Å²) in [4.78, 5) is 24.5. The largest absolute Gasteiger partial charge is 0.390 e. The van der Waals surface area contributed by atoms with Crippen molar-refractivity contribution in [1.82, 2.24) is 10.6 Å². The highest BCUT2D eigenvalue weighted by Gasteiger charge is 2.31. The number of hydrogen-bond donors (Lipinski definition) is 3. The van der Waals surface area contributed by atoms with Crippen molar-refractivity contribution in [3.63, 3.8) is 0 Å². The number of aliphatic hydroxyl groups is 1. The average molecular weight is 344 g/mol. The zero-order chi connectivity index (χ0) is 16.9. The number of aliphatic hydroxyl groups excluding tert-OH is 1. The van der Waals surface area contributed by atoms with Gasteiger partial charge in [0.05, 0.1) is 17.0 Å². The van der Waals surface area contributed by atoms with Crippen LogP contribution in [-0.2, 0) is 11.2 Å². The fraction of sp³-hybridized carbons (Fsp3) is 0.333. The van der Waals surface area contributed by atoms with Crippen molar-refractivity contribution < 1.29 is 14.7 Å². The Kier molecular flexibility index (Phi) is 5.27. The van der Waals surface area contributed by atoms with Crippen molar-refractivity contribution in [2.75, 3.05) is 6.54 Å². The van der Waals surface area contributed by atoms with Gasteiger partial charge < -0.3 is 15.7 Å². The van der Waals surface area contributed by atoms with Gasteiger partial charge in [0, 0.05) is 19.4 Å². The van der Waals surface area contributed by atoms with Crippen LogP contribution in [0.3, 0.4) is 0 Å². The summed E-state index contributed by atoms with van der Waals surface area (Å²) in [6.45, 7) is 0.452. The molecule has 3 rings (SSSR count). The number of nitrogens with one attached hydrogen (secondary N) is 2. The Morgan fingerprint density at radius 1 is 1.21 bits per heavy atom. The first-order valence-corrected chi connectivity index (χ1v) is 8.90. The molecule has 0 spiro atoms. The van der Waals surface area contributed by atoms with Crippen molar-refractivity contribution >= 4 is 23.2 Å². The fourth-order valence-electron chi connectivity index (χ4n) is 2.94. The van der Waals surface area contributed by atoms with Crippen LogP contribution in [0.5, 0.6) is 0 Å². The van der Waals surface area contributed by atoms with Crippen molar-refractivity contribution in [2.24, 2.45) is 0 Å². The Hall–Kier alpha value is -2.18.